The van der Waals surface area contributed by atoms with E-state index in [4.69, 9.17) is 0 Å². The molecule has 3 rings (SSSR count). The molecular weight excluding hydrogens is 354 g/mol. The monoisotopic (exact) mass is 373 g/mol. The molecule has 0 saturated carbocycles. The number of hydrogen-bond donors (Lipinski definition) is 1. The van der Waals surface area contributed by atoms with Crippen molar-refractivity contribution in [2.45, 2.75) is 12.8 Å². The number of piperidine rings is 1. The smallest absolute Gasteiger partial charge is 0.252 e. The van der Waals surface area contributed by atoms with E-state index in [0.29, 0.717) is 11.5 Å². The zero-order chi connectivity index (χ0) is 16.1. The minimum atomic E-state index is -0.00960. The molecule has 0 radical (unpaired) electrons. The number of nitrogens with zero attached hydrogens (tertiary/aromatic N) is 2. The number of halogens is 1. The Morgan fingerprint density at radius 2 is 1.91 bits per heavy atom. The van der Waals surface area contributed by atoms with Crippen LogP contribution < -0.4 is 10.2 Å². The average molecular weight is 374 g/mol. The second kappa shape index (κ2) is 7.59. The number of carbonyl (C=O) groups excluding carboxylic acids is 1. The highest BCUT2D eigenvalue weighted by molar-refractivity contribution is 9.10. The summed E-state index contributed by atoms with van der Waals surface area (Å²) >= 11 is 3.42. The summed E-state index contributed by atoms with van der Waals surface area (Å²) in [6.07, 6.45) is 3.99. The van der Waals surface area contributed by atoms with Crippen molar-refractivity contribution in [3.8, 4) is 0 Å². The lowest BCUT2D eigenvalue weighted by molar-refractivity contribution is 0.0944. The molecule has 2 aromatic rings. The number of aromatic nitrogens is 1. The van der Waals surface area contributed by atoms with E-state index in [0.717, 1.165) is 42.8 Å². The van der Waals surface area contributed by atoms with Gasteiger partial charge < -0.3 is 10.2 Å². The Balaban J connectivity index is 1.48. The van der Waals surface area contributed by atoms with Crippen molar-refractivity contribution >= 4 is 27.7 Å². The molecule has 0 bridgehead atoms. The van der Waals surface area contributed by atoms with Gasteiger partial charge in [0.25, 0.3) is 5.91 Å². The lowest BCUT2D eigenvalue weighted by atomic mass is 9.96. The van der Waals surface area contributed by atoms with Crippen molar-refractivity contribution in [2.24, 2.45) is 5.92 Å². The van der Waals surface area contributed by atoms with E-state index in [9.17, 15) is 4.79 Å². The number of rotatable bonds is 4. The van der Waals surface area contributed by atoms with Gasteiger partial charge in [0, 0.05) is 30.3 Å². The van der Waals surface area contributed by atoms with E-state index >= 15 is 0 Å². The molecule has 23 heavy (non-hydrogen) atoms. The third-order valence-electron chi connectivity index (χ3n) is 4.26. The first-order valence-electron chi connectivity index (χ1n) is 7.93. The molecule has 1 aromatic carbocycles. The van der Waals surface area contributed by atoms with Gasteiger partial charge >= 0.3 is 0 Å². The van der Waals surface area contributed by atoms with Gasteiger partial charge in [-0.25, -0.2) is 4.98 Å². The SMILES string of the molecule is O=C(NCC1CCN(c2ccccn2)CC1)c1ccccc1Br. The van der Waals surface area contributed by atoms with Crippen LogP contribution in [0.15, 0.2) is 53.1 Å². The summed E-state index contributed by atoms with van der Waals surface area (Å²) in [6, 6.07) is 13.5. The number of anilines is 1. The molecule has 0 aliphatic carbocycles. The van der Waals surface area contributed by atoms with Gasteiger partial charge in [-0.05, 0) is 59.0 Å². The van der Waals surface area contributed by atoms with Gasteiger partial charge in [-0.15, -0.1) is 0 Å². The van der Waals surface area contributed by atoms with Crippen molar-refractivity contribution in [1.29, 1.82) is 0 Å². The van der Waals surface area contributed by atoms with Gasteiger partial charge in [0.05, 0.1) is 5.56 Å². The van der Waals surface area contributed by atoms with Crippen molar-refractivity contribution in [2.75, 3.05) is 24.5 Å². The minimum absolute atomic E-state index is 0.00960. The van der Waals surface area contributed by atoms with Gasteiger partial charge in [0.15, 0.2) is 0 Å². The lowest BCUT2D eigenvalue weighted by Crippen LogP contribution is -2.39. The number of carbonyl (C=O) groups is 1. The average Bonchev–Trinajstić information content (AvgIpc) is 2.61. The predicted octanol–water partition coefficient (Wildman–Crippen LogP) is 3.49. The Morgan fingerprint density at radius 3 is 2.61 bits per heavy atom. The molecule has 0 unspecified atom stereocenters. The highest BCUT2D eigenvalue weighted by atomic mass is 79.9. The van der Waals surface area contributed by atoms with Crippen LogP contribution in [-0.4, -0.2) is 30.5 Å². The molecule has 1 amide bonds. The lowest BCUT2D eigenvalue weighted by Gasteiger charge is -2.32. The first kappa shape index (κ1) is 16.0. The van der Waals surface area contributed by atoms with Crippen molar-refractivity contribution in [1.82, 2.24) is 10.3 Å². The van der Waals surface area contributed by atoms with Crippen LogP contribution in [0.2, 0.25) is 0 Å². The molecule has 1 aliphatic heterocycles. The second-order valence-electron chi connectivity index (χ2n) is 5.81. The van der Waals surface area contributed by atoms with Gasteiger partial charge in [0.2, 0.25) is 0 Å². The maximum Gasteiger partial charge on any atom is 0.252 e. The summed E-state index contributed by atoms with van der Waals surface area (Å²) in [5, 5.41) is 3.06. The highest BCUT2D eigenvalue weighted by Crippen LogP contribution is 2.21. The van der Waals surface area contributed by atoms with Crippen LogP contribution in [0.5, 0.6) is 0 Å². The second-order valence-corrected chi connectivity index (χ2v) is 6.66. The molecule has 1 fully saturated rings. The normalized spacial score (nSPS) is 15.4. The maximum atomic E-state index is 12.2. The maximum absolute atomic E-state index is 12.2. The number of amides is 1. The third-order valence-corrected chi connectivity index (χ3v) is 4.95. The first-order valence-corrected chi connectivity index (χ1v) is 8.72. The van der Waals surface area contributed by atoms with E-state index in [1.807, 2.05) is 42.6 Å². The number of hydrogen-bond acceptors (Lipinski definition) is 3. The van der Waals surface area contributed by atoms with Crippen molar-refractivity contribution < 1.29 is 4.79 Å². The topological polar surface area (TPSA) is 45.2 Å². The number of benzene rings is 1. The summed E-state index contributed by atoms with van der Waals surface area (Å²) < 4.78 is 0.836. The standard InChI is InChI=1S/C18H20BrN3O/c19-16-6-2-1-5-15(16)18(23)21-13-14-8-11-22(12-9-14)17-7-3-4-10-20-17/h1-7,10,14H,8-9,11-13H2,(H,21,23). The van der Waals surface area contributed by atoms with Gasteiger partial charge in [0.1, 0.15) is 5.82 Å². The molecule has 2 heterocycles. The number of pyridine rings is 1. The molecule has 1 aliphatic rings. The fraction of sp³-hybridized carbons (Fsp3) is 0.333. The van der Waals surface area contributed by atoms with Crippen molar-refractivity contribution in [3.63, 3.8) is 0 Å². The van der Waals surface area contributed by atoms with Gasteiger partial charge in [-0.2, -0.15) is 0 Å². The fourth-order valence-electron chi connectivity index (χ4n) is 2.88. The van der Waals surface area contributed by atoms with Crippen LogP contribution in [-0.2, 0) is 0 Å². The molecule has 5 heteroatoms. The first-order chi connectivity index (χ1) is 11.2. The van der Waals surface area contributed by atoms with Crippen LogP contribution in [0.3, 0.4) is 0 Å². The van der Waals surface area contributed by atoms with E-state index in [1.165, 1.54) is 0 Å². The van der Waals surface area contributed by atoms with Crippen LogP contribution in [0.1, 0.15) is 23.2 Å². The Morgan fingerprint density at radius 1 is 1.17 bits per heavy atom. The van der Waals surface area contributed by atoms with Gasteiger partial charge in [-0.1, -0.05) is 18.2 Å². The van der Waals surface area contributed by atoms with E-state index in [2.05, 4.69) is 37.2 Å². The summed E-state index contributed by atoms with van der Waals surface area (Å²) in [4.78, 5) is 18.9. The van der Waals surface area contributed by atoms with Crippen LogP contribution in [0, 0.1) is 5.92 Å². The summed E-state index contributed by atoms with van der Waals surface area (Å²) in [7, 11) is 0. The molecule has 1 N–H and O–H groups in total. The van der Waals surface area contributed by atoms with Crippen LogP contribution >= 0.6 is 15.9 Å². The predicted molar refractivity (Wildman–Crippen MR) is 95.6 cm³/mol. The molecule has 1 aromatic heterocycles. The fourth-order valence-corrected chi connectivity index (χ4v) is 3.35. The summed E-state index contributed by atoms with van der Waals surface area (Å²) in [5.74, 6) is 1.56. The quantitative estimate of drug-likeness (QED) is 0.891. The van der Waals surface area contributed by atoms with Crippen molar-refractivity contribution in [3.05, 3.63) is 58.7 Å². The minimum Gasteiger partial charge on any atom is -0.357 e. The Labute approximate surface area is 145 Å². The Hall–Kier alpha value is -1.88. The summed E-state index contributed by atoms with van der Waals surface area (Å²) in [5.41, 5.74) is 0.693. The molecule has 4 nitrogen and oxygen atoms in total. The Bertz CT molecular complexity index is 654. The highest BCUT2D eigenvalue weighted by Gasteiger charge is 2.20. The zero-order valence-electron chi connectivity index (χ0n) is 12.9. The molecule has 0 atom stereocenters. The molecule has 120 valence electrons. The molecule has 1 saturated heterocycles. The summed E-state index contributed by atoms with van der Waals surface area (Å²) in [6.45, 7) is 2.72. The molecule has 0 spiro atoms. The molecular formula is C18H20BrN3O. The zero-order valence-corrected chi connectivity index (χ0v) is 14.5. The largest absolute Gasteiger partial charge is 0.357 e. The van der Waals surface area contributed by atoms with E-state index < -0.39 is 0 Å². The van der Waals surface area contributed by atoms with E-state index in [1.54, 1.807) is 0 Å². The van der Waals surface area contributed by atoms with Crippen LogP contribution in [0.25, 0.3) is 0 Å². The van der Waals surface area contributed by atoms with E-state index in [-0.39, 0.29) is 5.91 Å². The Kier molecular flexibility index (Phi) is 5.28. The van der Waals surface area contributed by atoms with Crippen LogP contribution in [0.4, 0.5) is 5.82 Å². The third kappa shape index (κ3) is 4.10. The van der Waals surface area contributed by atoms with Gasteiger partial charge in [-0.3, -0.25) is 4.79 Å². The number of nitrogens with one attached hydrogen (secondary N) is 1.